The van der Waals surface area contributed by atoms with E-state index in [9.17, 15) is 4.39 Å². The molecule has 0 radical (unpaired) electrons. The van der Waals surface area contributed by atoms with Crippen molar-refractivity contribution in [2.75, 3.05) is 0 Å². The minimum absolute atomic E-state index is 0.0261. The number of rotatable bonds is 1. The lowest BCUT2D eigenvalue weighted by Crippen LogP contribution is -1.92. The van der Waals surface area contributed by atoms with Gasteiger partial charge in [0.25, 0.3) is 0 Å². The molecule has 0 N–H and O–H groups in total. The fraction of sp³-hybridized carbons (Fsp3) is 0. The van der Waals surface area contributed by atoms with Crippen LogP contribution in [0.3, 0.4) is 0 Å². The van der Waals surface area contributed by atoms with Crippen LogP contribution in [0, 0.1) is 5.82 Å². The third-order valence-electron chi connectivity index (χ3n) is 1.67. The van der Waals surface area contributed by atoms with Crippen molar-refractivity contribution >= 4 is 11.6 Å². The Hall–Kier alpha value is -1.55. The molecule has 0 atom stereocenters. The van der Waals surface area contributed by atoms with Gasteiger partial charge in [-0.1, -0.05) is 0 Å². The molecule has 2 rings (SSSR count). The highest BCUT2D eigenvalue weighted by atomic mass is 35.5. The summed E-state index contributed by atoms with van der Waals surface area (Å²) in [5, 5.41) is 0.0261. The van der Waals surface area contributed by atoms with E-state index in [2.05, 4.69) is 15.0 Å². The lowest BCUT2D eigenvalue weighted by molar-refractivity contribution is 0.618. The van der Waals surface area contributed by atoms with E-state index >= 15 is 0 Å². The second kappa shape index (κ2) is 3.67. The highest BCUT2D eigenvalue weighted by Gasteiger charge is 2.07. The summed E-state index contributed by atoms with van der Waals surface area (Å²) in [7, 11) is 0. The molecular formula is C9H5ClFN3. The number of nitrogens with zero attached hydrogens (tertiary/aromatic N) is 3. The standard InChI is InChI=1S/C9H5ClFN3/c10-9-13-5-7(11)8(14-9)6-1-3-12-4-2-6/h1-5H. The van der Waals surface area contributed by atoms with Crippen molar-refractivity contribution in [1.82, 2.24) is 15.0 Å². The van der Waals surface area contributed by atoms with Crippen molar-refractivity contribution in [2.24, 2.45) is 0 Å². The zero-order valence-electron chi connectivity index (χ0n) is 6.98. The average Bonchev–Trinajstić information content (AvgIpc) is 2.23. The second-order valence-corrected chi connectivity index (χ2v) is 2.91. The summed E-state index contributed by atoms with van der Waals surface area (Å²) in [4.78, 5) is 11.1. The van der Waals surface area contributed by atoms with E-state index in [4.69, 9.17) is 11.6 Å². The van der Waals surface area contributed by atoms with Crippen LogP contribution < -0.4 is 0 Å². The summed E-state index contributed by atoms with van der Waals surface area (Å²) in [6.45, 7) is 0. The van der Waals surface area contributed by atoms with Crippen molar-refractivity contribution in [3.05, 3.63) is 41.8 Å². The maximum absolute atomic E-state index is 13.3. The van der Waals surface area contributed by atoms with Gasteiger partial charge in [-0.25, -0.2) is 14.4 Å². The fourth-order valence-electron chi connectivity index (χ4n) is 1.06. The van der Waals surface area contributed by atoms with Crippen molar-refractivity contribution < 1.29 is 4.39 Å². The van der Waals surface area contributed by atoms with Crippen LogP contribution in [0.5, 0.6) is 0 Å². The highest BCUT2D eigenvalue weighted by molar-refractivity contribution is 6.28. The number of pyridine rings is 1. The molecule has 0 saturated carbocycles. The van der Waals surface area contributed by atoms with Gasteiger partial charge in [-0.3, -0.25) is 4.98 Å². The zero-order chi connectivity index (χ0) is 9.97. The van der Waals surface area contributed by atoms with Crippen LogP contribution in [-0.2, 0) is 0 Å². The van der Waals surface area contributed by atoms with Gasteiger partial charge in [0, 0.05) is 18.0 Å². The molecule has 14 heavy (non-hydrogen) atoms. The van der Waals surface area contributed by atoms with Gasteiger partial charge >= 0.3 is 0 Å². The molecule has 0 aliphatic rings. The molecule has 2 aromatic rings. The Labute approximate surface area is 84.6 Å². The number of hydrogen-bond acceptors (Lipinski definition) is 3. The summed E-state index contributed by atoms with van der Waals surface area (Å²) in [6.07, 6.45) is 4.17. The van der Waals surface area contributed by atoms with Gasteiger partial charge < -0.3 is 0 Å². The summed E-state index contributed by atoms with van der Waals surface area (Å²) >= 11 is 5.56. The Morgan fingerprint density at radius 1 is 1.21 bits per heavy atom. The van der Waals surface area contributed by atoms with Crippen molar-refractivity contribution in [2.45, 2.75) is 0 Å². The average molecular weight is 210 g/mol. The summed E-state index contributed by atoms with van der Waals surface area (Å²) in [5.41, 5.74) is 0.814. The molecule has 0 bridgehead atoms. The van der Waals surface area contributed by atoms with Crippen LogP contribution in [0.15, 0.2) is 30.7 Å². The van der Waals surface area contributed by atoms with Crippen molar-refractivity contribution in [1.29, 1.82) is 0 Å². The van der Waals surface area contributed by atoms with Crippen molar-refractivity contribution in [3.8, 4) is 11.3 Å². The highest BCUT2D eigenvalue weighted by Crippen LogP contribution is 2.19. The molecule has 0 fully saturated rings. The maximum atomic E-state index is 13.3. The van der Waals surface area contributed by atoms with Crippen LogP contribution in [0.25, 0.3) is 11.3 Å². The molecule has 0 aromatic carbocycles. The Balaban J connectivity index is 2.57. The van der Waals surface area contributed by atoms with Crippen LogP contribution in [-0.4, -0.2) is 15.0 Å². The van der Waals surface area contributed by atoms with Gasteiger partial charge in [-0.05, 0) is 23.7 Å². The normalized spacial score (nSPS) is 10.1. The maximum Gasteiger partial charge on any atom is 0.223 e. The monoisotopic (exact) mass is 209 g/mol. The largest absolute Gasteiger partial charge is 0.265 e. The Morgan fingerprint density at radius 3 is 2.64 bits per heavy atom. The summed E-state index contributed by atoms with van der Waals surface area (Å²) in [6, 6.07) is 3.31. The van der Waals surface area contributed by atoms with E-state index in [-0.39, 0.29) is 11.0 Å². The van der Waals surface area contributed by atoms with Gasteiger partial charge in [-0.15, -0.1) is 0 Å². The molecule has 2 aromatic heterocycles. The Kier molecular flexibility index (Phi) is 2.37. The van der Waals surface area contributed by atoms with Crippen LogP contribution in [0.1, 0.15) is 0 Å². The molecule has 0 aliphatic heterocycles. The van der Waals surface area contributed by atoms with Crippen molar-refractivity contribution in [3.63, 3.8) is 0 Å². The van der Waals surface area contributed by atoms with E-state index in [1.54, 1.807) is 24.5 Å². The van der Waals surface area contributed by atoms with E-state index in [1.807, 2.05) is 0 Å². The van der Waals surface area contributed by atoms with Gasteiger partial charge in [-0.2, -0.15) is 0 Å². The predicted octanol–water partition coefficient (Wildman–Crippen LogP) is 2.33. The molecule has 2 heterocycles. The molecule has 0 amide bonds. The first-order valence-electron chi connectivity index (χ1n) is 3.86. The SMILES string of the molecule is Fc1cnc(Cl)nc1-c1ccncc1. The van der Waals surface area contributed by atoms with E-state index < -0.39 is 5.82 Å². The first-order chi connectivity index (χ1) is 6.77. The number of halogens is 2. The number of aromatic nitrogens is 3. The Bertz CT molecular complexity index is 447. The van der Waals surface area contributed by atoms with Crippen LogP contribution >= 0.6 is 11.6 Å². The molecule has 3 nitrogen and oxygen atoms in total. The summed E-state index contributed by atoms with van der Waals surface area (Å²) < 4.78 is 13.3. The second-order valence-electron chi connectivity index (χ2n) is 2.57. The van der Waals surface area contributed by atoms with Gasteiger partial charge in [0.1, 0.15) is 5.69 Å². The summed E-state index contributed by atoms with van der Waals surface area (Å²) in [5.74, 6) is -0.499. The topological polar surface area (TPSA) is 38.7 Å². The van der Waals surface area contributed by atoms with Gasteiger partial charge in [0.05, 0.1) is 6.20 Å². The van der Waals surface area contributed by atoms with E-state index in [0.717, 1.165) is 6.20 Å². The first-order valence-corrected chi connectivity index (χ1v) is 4.23. The van der Waals surface area contributed by atoms with Gasteiger partial charge in [0.2, 0.25) is 5.28 Å². The predicted molar refractivity (Wildman–Crippen MR) is 50.2 cm³/mol. The minimum Gasteiger partial charge on any atom is -0.265 e. The Morgan fingerprint density at radius 2 is 1.93 bits per heavy atom. The third-order valence-corrected chi connectivity index (χ3v) is 1.85. The lowest BCUT2D eigenvalue weighted by Gasteiger charge is -2.00. The van der Waals surface area contributed by atoms with Gasteiger partial charge in [0.15, 0.2) is 5.82 Å². The van der Waals surface area contributed by atoms with E-state index in [0.29, 0.717) is 5.56 Å². The fourth-order valence-corrected chi connectivity index (χ4v) is 1.19. The molecule has 0 unspecified atom stereocenters. The smallest absolute Gasteiger partial charge is 0.223 e. The molecule has 0 saturated heterocycles. The molecule has 5 heteroatoms. The van der Waals surface area contributed by atoms with Crippen LogP contribution in [0.2, 0.25) is 5.28 Å². The lowest BCUT2D eigenvalue weighted by atomic mass is 10.2. The molecule has 0 aliphatic carbocycles. The first kappa shape index (κ1) is 9.02. The molecule has 0 spiro atoms. The number of hydrogen-bond donors (Lipinski definition) is 0. The van der Waals surface area contributed by atoms with Crippen LogP contribution in [0.4, 0.5) is 4.39 Å². The zero-order valence-corrected chi connectivity index (χ0v) is 7.74. The third kappa shape index (κ3) is 1.70. The minimum atomic E-state index is -0.499. The quantitative estimate of drug-likeness (QED) is 0.677. The molecular weight excluding hydrogens is 205 g/mol. The van der Waals surface area contributed by atoms with E-state index in [1.165, 1.54) is 0 Å². The molecule has 70 valence electrons.